The first kappa shape index (κ1) is 17.7. The van der Waals surface area contributed by atoms with Crippen LogP contribution in [0.1, 0.15) is 30.5 Å². The van der Waals surface area contributed by atoms with Gasteiger partial charge >= 0.3 is 0 Å². The Labute approximate surface area is 161 Å². The number of benzene rings is 2. The third-order valence-corrected chi connectivity index (χ3v) is 6.05. The molecule has 1 N–H and O–H groups in total. The molecule has 0 aromatic heterocycles. The van der Waals surface area contributed by atoms with Crippen molar-refractivity contribution >= 4 is 23.4 Å². The highest BCUT2D eigenvalue weighted by molar-refractivity contribution is 5.91. The van der Waals surface area contributed by atoms with Gasteiger partial charge < -0.3 is 15.1 Å². The van der Waals surface area contributed by atoms with Crippen LogP contribution in [0.2, 0.25) is 0 Å². The number of amides is 1. The van der Waals surface area contributed by atoms with Crippen LogP contribution in [0.5, 0.6) is 0 Å². The predicted octanol–water partition coefficient (Wildman–Crippen LogP) is 3.70. The zero-order valence-electron chi connectivity index (χ0n) is 16.7. The number of carbonyl (C=O) groups excluding carboxylic acids is 1. The number of fused-ring (bicyclic) bond motifs is 3. The summed E-state index contributed by atoms with van der Waals surface area (Å²) in [4.78, 5) is 16.7. The van der Waals surface area contributed by atoms with Crippen LogP contribution in [0.25, 0.3) is 6.08 Å². The Morgan fingerprint density at radius 2 is 1.81 bits per heavy atom. The van der Waals surface area contributed by atoms with E-state index in [0.29, 0.717) is 6.54 Å². The van der Waals surface area contributed by atoms with Gasteiger partial charge in [0.15, 0.2) is 0 Å². The Morgan fingerprint density at radius 1 is 1.11 bits per heavy atom. The second kappa shape index (κ2) is 5.88. The van der Waals surface area contributed by atoms with Crippen molar-refractivity contribution in [2.24, 2.45) is 0 Å². The van der Waals surface area contributed by atoms with Gasteiger partial charge in [0.2, 0.25) is 5.91 Å². The molecule has 1 saturated heterocycles. The second-order valence-corrected chi connectivity index (χ2v) is 8.37. The van der Waals surface area contributed by atoms with Crippen molar-refractivity contribution in [2.75, 3.05) is 30.4 Å². The Kier molecular flexibility index (Phi) is 3.84. The lowest BCUT2D eigenvalue weighted by Crippen LogP contribution is -2.58. The van der Waals surface area contributed by atoms with Crippen LogP contribution in [0.4, 0.5) is 11.4 Å². The molecule has 0 bridgehead atoms. The van der Waals surface area contributed by atoms with E-state index >= 15 is 0 Å². The van der Waals surface area contributed by atoms with Crippen LogP contribution in [0.3, 0.4) is 0 Å². The van der Waals surface area contributed by atoms with Gasteiger partial charge in [-0.1, -0.05) is 49.8 Å². The number of anilines is 2. The fourth-order valence-corrected chi connectivity index (χ4v) is 4.39. The van der Waals surface area contributed by atoms with E-state index < -0.39 is 5.66 Å². The molecule has 0 radical (unpaired) electrons. The molecule has 4 heteroatoms. The van der Waals surface area contributed by atoms with Crippen LogP contribution in [-0.2, 0) is 10.2 Å². The van der Waals surface area contributed by atoms with Crippen molar-refractivity contribution in [3.63, 3.8) is 0 Å². The summed E-state index contributed by atoms with van der Waals surface area (Å²) in [6.07, 6.45) is 4.29. The molecular weight excluding hydrogens is 334 g/mol. The first-order chi connectivity index (χ1) is 12.7. The van der Waals surface area contributed by atoms with Gasteiger partial charge in [0.05, 0.1) is 6.54 Å². The molecule has 4 rings (SSSR count). The van der Waals surface area contributed by atoms with E-state index in [1.165, 1.54) is 16.8 Å². The van der Waals surface area contributed by atoms with Crippen LogP contribution in [0, 0.1) is 6.92 Å². The summed E-state index contributed by atoms with van der Waals surface area (Å²) in [5, 5.41) is 3.28. The molecule has 1 amide bonds. The molecule has 0 aliphatic carbocycles. The van der Waals surface area contributed by atoms with Crippen molar-refractivity contribution in [1.82, 2.24) is 5.32 Å². The predicted molar refractivity (Wildman–Crippen MR) is 112 cm³/mol. The largest absolute Gasteiger partial charge is 0.378 e. The summed E-state index contributed by atoms with van der Waals surface area (Å²) in [5.74, 6) is 0.0712. The molecule has 1 fully saturated rings. The molecule has 2 aromatic carbocycles. The van der Waals surface area contributed by atoms with E-state index in [4.69, 9.17) is 0 Å². The quantitative estimate of drug-likeness (QED) is 0.905. The lowest BCUT2D eigenvalue weighted by Gasteiger charge is -2.40. The smallest absolute Gasteiger partial charge is 0.241 e. The lowest BCUT2D eigenvalue weighted by atomic mass is 9.75. The van der Waals surface area contributed by atoms with Crippen LogP contribution in [-0.4, -0.2) is 32.2 Å². The number of rotatable bonds is 3. The van der Waals surface area contributed by atoms with Crippen LogP contribution in [0.15, 0.2) is 48.5 Å². The average molecular weight is 361 g/mol. The van der Waals surface area contributed by atoms with Gasteiger partial charge in [0.25, 0.3) is 0 Å². The maximum absolute atomic E-state index is 12.4. The van der Waals surface area contributed by atoms with Crippen LogP contribution >= 0.6 is 0 Å². The fourth-order valence-electron chi connectivity index (χ4n) is 4.39. The Hall–Kier alpha value is -2.75. The molecular formula is C23H27N3O. The minimum Gasteiger partial charge on any atom is -0.378 e. The fraction of sp³-hybridized carbons (Fsp3) is 0.348. The maximum atomic E-state index is 12.4. The molecule has 1 unspecified atom stereocenters. The number of hydrogen-bond donors (Lipinski definition) is 1. The van der Waals surface area contributed by atoms with Crippen molar-refractivity contribution in [1.29, 1.82) is 0 Å². The number of nitrogens with zero attached hydrogens (tertiary/aromatic N) is 2. The molecule has 0 spiro atoms. The summed E-state index contributed by atoms with van der Waals surface area (Å²) in [7, 11) is 4.08. The first-order valence-corrected chi connectivity index (χ1v) is 9.41. The van der Waals surface area contributed by atoms with Crippen molar-refractivity contribution in [2.45, 2.75) is 31.8 Å². The summed E-state index contributed by atoms with van der Waals surface area (Å²) < 4.78 is 0. The van der Waals surface area contributed by atoms with E-state index in [1.54, 1.807) is 0 Å². The minimum absolute atomic E-state index is 0.0712. The zero-order valence-corrected chi connectivity index (χ0v) is 16.7. The molecule has 2 aliphatic rings. The second-order valence-electron chi connectivity index (χ2n) is 8.37. The van der Waals surface area contributed by atoms with Crippen molar-refractivity contribution < 1.29 is 4.79 Å². The lowest BCUT2D eigenvalue weighted by molar-refractivity contribution is -0.118. The van der Waals surface area contributed by atoms with E-state index in [2.05, 4.69) is 90.5 Å². The van der Waals surface area contributed by atoms with E-state index in [0.717, 1.165) is 11.3 Å². The monoisotopic (exact) mass is 361 g/mol. The van der Waals surface area contributed by atoms with E-state index in [9.17, 15) is 4.79 Å². The van der Waals surface area contributed by atoms with Gasteiger partial charge in [0.1, 0.15) is 5.66 Å². The molecule has 140 valence electrons. The van der Waals surface area contributed by atoms with Crippen molar-refractivity contribution in [3.8, 4) is 0 Å². The first-order valence-electron chi connectivity index (χ1n) is 9.41. The Bertz CT molecular complexity index is 927. The molecule has 0 saturated carbocycles. The van der Waals surface area contributed by atoms with Gasteiger partial charge in [-0.25, -0.2) is 0 Å². The van der Waals surface area contributed by atoms with E-state index in [1.807, 2.05) is 14.1 Å². The number of nitrogens with one attached hydrogen (secondary N) is 1. The molecule has 27 heavy (non-hydrogen) atoms. The highest BCUT2D eigenvalue weighted by Crippen LogP contribution is 2.53. The summed E-state index contributed by atoms with van der Waals surface area (Å²) in [6.45, 7) is 6.95. The highest BCUT2D eigenvalue weighted by atomic mass is 16.2. The zero-order chi connectivity index (χ0) is 19.4. The molecule has 2 aliphatic heterocycles. The van der Waals surface area contributed by atoms with E-state index in [-0.39, 0.29) is 11.3 Å². The normalized spacial score (nSPS) is 22.7. The Balaban J connectivity index is 1.76. The number of carbonyl (C=O) groups is 1. The van der Waals surface area contributed by atoms with Gasteiger partial charge in [0, 0.05) is 30.9 Å². The summed E-state index contributed by atoms with van der Waals surface area (Å²) >= 11 is 0. The van der Waals surface area contributed by atoms with Gasteiger partial charge in [-0.05, 0) is 42.3 Å². The number of aryl methyl sites for hydroxylation is 1. The average Bonchev–Trinajstić information content (AvgIpc) is 3.05. The molecule has 1 atom stereocenters. The SMILES string of the molecule is Cc1ccc2c(c1)C(C)(C)C1(/C=C/c3ccc(N(C)C)cc3)NC(=O)CN21. The third-order valence-electron chi connectivity index (χ3n) is 6.05. The summed E-state index contributed by atoms with van der Waals surface area (Å²) in [5.41, 5.74) is 5.20. The Morgan fingerprint density at radius 3 is 2.48 bits per heavy atom. The van der Waals surface area contributed by atoms with Crippen LogP contribution < -0.4 is 15.1 Å². The standard InChI is InChI=1S/C23H27N3O/c1-16-6-11-20-19(14-16)22(2,3)23(24-21(27)15-26(20)23)13-12-17-7-9-18(10-8-17)25(4)5/h6-14H,15H2,1-5H3,(H,24,27)/b13-12+. The van der Waals surface area contributed by atoms with Crippen molar-refractivity contribution in [3.05, 3.63) is 65.2 Å². The molecule has 2 heterocycles. The summed E-state index contributed by atoms with van der Waals surface area (Å²) in [6, 6.07) is 15.0. The van der Waals surface area contributed by atoms with Gasteiger partial charge in [-0.15, -0.1) is 0 Å². The minimum atomic E-state index is -0.541. The van der Waals surface area contributed by atoms with Gasteiger partial charge in [-0.3, -0.25) is 4.79 Å². The number of hydrogen-bond acceptors (Lipinski definition) is 3. The van der Waals surface area contributed by atoms with Gasteiger partial charge in [-0.2, -0.15) is 0 Å². The highest BCUT2D eigenvalue weighted by Gasteiger charge is 2.59. The molecule has 2 aromatic rings. The molecule has 4 nitrogen and oxygen atoms in total. The third kappa shape index (κ3) is 2.54. The maximum Gasteiger partial charge on any atom is 0.241 e. The topological polar surface area (TPSA) is 35.6 Å².